The molecule has 3 aromatic rings. The van der Waals surface area contributed by atoms with Crippen molar-refractivity contribution < 1.29 is 4.39 Å². The highest BCUT2D eigenvalue weighted by Gasteiger charge is 2.39. The summed E-state index contributed by atoms with van der Waals surface area (Å²) in [5.41, 5.74) is 7.25. The minimum atomic E-state index is -0.180. The summed E-state index contributed by atoms with van der Waals surface area (Å²) in [4.78, 5) is 9.57. The number of halogens is 1. The van der Waals surface area contributed by atoms with Gasteiger partial charge in [-0.3, -0.25) is 4.90 Å². The van der Waals surface area contributed by atoms with E-state index in [0.29, 0.717) is 5.92 Å². The third-order valence-corrected chi connectivity index (χ3v) is 7.36. The summed E-state index contributed by atoms with van der Waals surface area (Å²) in [6, 6.07) is 7.07. The second-order valence-electron chi connectivity index (χ2n) is 8.65. The number of benzene rings is 1. The van der Waals surface area contributed by atoms with Crippen LogP contribution in [0.25, 0.3) is 11.3 Å². The lowest BCUT2D eigenvalue weighted by atomic mass is 9.85. The van der Waals surface area contributed by atoms with Gasteiger partial charge in [-0.05, 0) is 38.4 Å². The molecule has 152 valence electrons. The van der Waals surface area contributed by atoms with Gasteiger partial charge < -0.3 is 9.47 Å². The zero-order valence-electron chi connectivity index (χ0n) is 17.4. The molecule has 2 atom stereocenters. The van der Waals surface area contributed by atoms with Crippen LogP contribution in [0.3, 0.4) is 0 Å². The van der Waals surface area contributed by atoms with Gasteiger partial charge in [-0.2, -0.15) is 0 Å². The largest absolute Gasteiger partial charge is 0.360 e. The quantitative estimate of drug-likeness (QED) is 0.589. The van der Waals surface area contributed by atoms with E-state index in [2.05, 4.69) is 47.7 Å². The number of hydrogen-bond donors (Lipinski definition) is 0. The number of hydrogen-bond acceptors (Lipinski definition) is 4. The molecule has 0 N–H and O–H groups in total. The van der Waals surface area contributed by atoms with Crippen molar-refractivity contribution in [1.82, 2.24) is 14.5 Å². The van der Waals surface area contributed by atoms with Crippen molar-refractivity contribution in [3.8, 4) is 11.3 Å². The first-order valence-electron chi connectivity index (χ1n) is 10.3. The molecule has 0 bridgehead atoms. The first-order chi connectivity index (χ1) is 13.9. The van der Waals surface area contributed by atoms with Gasteiger partial charge in [0.1, 0.15) is 10.8 Å². The van der Waals surface area contributed by atoms with Crippen LogP contribution in [-0.2, 0) is 13.1 Å². The van der Waals surface area contributed by atoms with Crippen molar-refractivity contribution >= 4 is 17.0 Å². The van der Waals surface area contributed by atoms with Crippen LogP contribution in [0.5, 0.6) is 0 Å². The van der Waals surface area contributed by atoms with Crippen LogP contribution in [0.15, 0.2) is 29.6 Å². The number of anilines is 1. The van der Waals surface area contributed by atoms with E-state index in [9.17, 15) is 4.39 Å². The Kier molecular flexibility index (Phi) is 4.51. The lowest BCUT2D eigenvalue weighted by Crippen LogP contribution is -2.38. The van der Waals surface area contributed by atoms with E-state index in [1.165, 1.54) is 33.7 Å². The molecule has 0 radical (unpaired) electrons. The van der Waals surface area contributed by atoms with Gasteiger partial charge in [-0.15, -0.1) is 11.3 Å². The van der Waals surface area contributed by atoms with Crippen LogP contribution in [-0.4, -0.2) is 35.2 Å². The fraction of sp³-hybridized carbons (Fsp3) is 0.435. The van der Waals surface area contributed by atoms with Crippen molar-refractivity contribution in [2.75, 3.05) is 25.7 Å². The highest BCUT2D eigenvalue weighted by Crippen LogP contribution is 2.50. The van der Waals surface area contributed by atoms with Crippen molar-refractivity contribution in [1.29, 1.82) is 0 Å². The summed E-state index contributed by atoms with van der Waals surface area (Å²) in [7, 11) is 4.32. The Labute approximate surface area is 175 Å². The Morgan fingerprint density at radius 2 is 2.07 bits per heavy atom. The van der Waals surface area contributed by atoms with E-state index >= 15 is 0 Å². The molecule has 6 heteroatoms. The Bertz CT molecular complexity index is 1070. The van der Waals surface area contributed by atoms with Gasteiger partial charge in [-0.25, -0.2) is 9.37 Å². The van der Waals surface area contributed by atoms with E-state index in [1.54, 1.807) is 17.4 Å². The minimum Gasteiger partial charge on any atom is -0.360 e. The SMILES string of the molecule is Cc1csc(C2c3c4c(c(-c5cccc(F)c5)n3CCC2C)CN(C)CN4C)n1. The molecule has 0 saturated carbocycles. The van der Waals surface area contributed by atoms with Gasteiger partial charge in [0.15, 0.2) is 0 Å². The number of thiazole rings is 1. The predicted molar refractivity (Wildman–Crippen MR) is 117 cm³/mol. The number of rotatable bonds is 2. The summed E-state index contributed by atoms with van der Waals surface area (Å²) >= 11 is 1.77. The molecule has 29 heavy (non-hydrogen) atoms. The Hall–Kier alpha value is -2.18. The molecule has 4 heterocycles. The maximum absolute atomic E-state index is 14.1. The topological polar surface area (TPSA) is 24.3 Å². The maximum Gasteiger partial charge on any atom is 0.123 e. The molecule has 1 aromatic carbocycles. The Morgan fingerprint density at radius 3 is 2.79 bits per heavy atom. The van der Waals surface area contributed by atoms with Gasteiger partial charge in [0, 0.05) is 42.3 Å². The maximum atomic E-state index is 14.1. The third-order valence-electron chi connectivity index (χ3n) is 6.31. The summed E-state index contributed by atoms with van der Waals surface area (Å²) in [6.07, 6.45) is 1.10. The third kappa shape index (κ3) is 3.01. The molecule has 0 fully saturated rings. The number of aryl methyl sites for hydroxylation is 1. The predicted octanol–water partition coefficient (Wildman–Crippen LogP) is 5.07. The Morgan fingerprint density at radius 1 is 1.24 bits per heavy atom. The summed E-state index contributed by atoms with van der Waals surface area (Å²) in [5, 5.41) is 3.36. The fourth-order valence-corrected chi connectivity index (χ4v) is 6.20. The van der Waals surface area contributed by atoms with Crippen LogP contribution < -0.4 is 4.90 Å². The van der Waals surface area contributed by atoms with Crippen LogP contribution in [0.1, 0.15) is 41.2 Å². The number of nitrogens with zero attached hydrogens (tertiary/aromatic N) is 4. The molecule has 2 unspecified atom stereocenters. The first kappa shape index (κ1) is 18.8. The van der Waals surface area contributed by atoms with E-state index < -0.39 is 0 Å². The van der Waals surface area contributed by atoms with Crippen LogP contribution in [0, 0.1) is 18.7 Å². The van der Waals surface area contributed by atoms with E-state index in [4.69, 9.17) is 4.98 Å². The first-order valence-corrected chi connectivity index (χ1v) is 11.1. The van der Waals surface area contributed by atoms with E-state index in [0.717, 1.165) is 37.4 Å². The highest BCUT2D eigenvalue weighted by molar-refractivity contribution is 7.09. The van der Waals surface area contributed by atoms with Crippen molar-refractivity contribution in [3.63, 3.8) is 0 Å². The van der Waals surface area contributed by atoms with Gasteiger partial charge in [0.2, 0.25) is 0 Å². The molecular formula is C23H27FN4S. The van der Waals surface area contributed by atoms with Gasteiger partial charge in [0.05, 0.1) is 29.7 Å². The number of fused-ring (bicyclic) bond motifs is 3. The molecule has 0 aliphatic carbocycles. The lowest BCUT2D eigenvalue weighted by molar-refractivity contribution is 0.316. The lowest BCUT2D eigenvalue weighted by Gasteiger charge is -2.36. The molecule has 5 rings (SSSR count). The fourth-order valence-electron chi connectivity index (χ4n) is 5.16. The molecule has 2 aliphatic rings. The van der Waals surface area contributed by atoms with E-state index in [1.807, 2.05) is 12.1 Å². The molecular weight excluding hydrogens is 383 g/mol. The standard InChI is InChI=1S/C23H27FN4S/c1-14-8-9-28-20(16-6-5-7-17(24)10-16)18-11-26(3)13-27(4)21(18)22(28)19(14)23-25-15(2)12-29-23/h5-7,10,12,14,19H,8-9,11,13H2,1-4H3. The smallest absolute Gasteiger partial charge is 0.123 e. The second-order valence-corrected chi connectivity index (χ2v) is 9.54. The summed E-state index contributed by atoms with van der Waals surface area (Å²) < 4.78 is 16.6. The number of aromatic nitrogens is 2. The molecule has 2 aromatic heterocycles. The molecule has 0 amide bonds. The average molecular weight is 411 g/mol. The Balaban J connectivity index is 1.80. The second kappa shape index (κ2) is 6.96. The highest BCUT2D eigenvalue weighted by atomic mass is 32.1. The van der Waals surface area contributed by atoms with E-state index in [-0.39, 0.29) is 11.7 Å². The summed E-state index contributed by atoms with van der Waals surface area (Å²) in [5.74, 6) is 0.630. The average Bonchev–Trinajstić information content (AvgIpc) is 3.22. The monoisotopic (exact) mass is 410 g/mol. The van der Waals surface area contributed by atoms with Crippen LogP contribution in [0.2, 0.25) is 0 Å². The zero-order valence-corrected chi connectivity index (χ0v) is 18.3. The van der Waals surface area contributed by atoms with Crippen molar-refractivity contribution in [2.24, 2.45) is 5.92 Å². The van der Waals surface area contributed by atoms with Gasteiger partial charge in [0.25, 0.3) is 0 Å². The van der Waals surface area contributed by atoms with Crippen LogP contribution >= 0.6 is 11.3 Å². The van der Waals surface area contributed by atoms with Crippen molar-refractivity contribution in [2.45, 2.75) is 39.3 Å². The van der Waals surface area contributed by atoms with Gasteiger partial charge >= 0.3 is 0 Å². The zero-order chi connectivity index (χ0) is 20.3. The van der Waals surface area contributed by atoms with Crippen LogP contribution in [0.4, 0.5) is 10.1 Å². The minimum absolute atomic E-state index is 0.180. The summed E-state index contributed by atoms with van der Waals surface area (Å²) in [6.45, 7) is 7.16. The molecule has 0 saturated heterocycles. The normalized spacial score (nSPS) is 21.9. The molecule has 0 spiro atoms. The molecule has 2 aliphatic heterocycles. The van der Waals surface area contributed by atoms with Crippen molar-refractivity contribution in [3.05, 3.63) is 57.4 Å². The van der Waals surface area contributed by atoms with Gasteiger partial charge in [-0.1, -0.05) is 19.1 Å². The molecule has 4 nitrogen and oxygen atoms in total.